The summed E-state index contributed by atoms with van der Waals surface area (Å²) in [7, 11) is 0. The van der Waals surface area contributed by atoms with E-state index >= 15 is 0 Å². The molecule has 1 unspecified atom stereocenters. The highest BCUT2D eigenvalue weighted by Gasteiger charge is 2.32. The van der Waals surface area contributed by atoms with Crippen LogP contribution in [-0.2, 0) is 4.79 Å². The number of nitrogens with zero attached hydrogens (tertiary/aromatic N) is 1. The lowest BCUT2D eigenvalue weighted by atomic mass is 10.2. The van der Waals surface area contributed by atoms with Crippen molar-refractivity contribution in [2.24, 2.45) is 5.92 Å². The van der Waals surface area contributed by atoms with E-state index in [2.05, 4.69) is 26.0 Å². The van der Waals surface area contributed by atoms with E-state index < -0.39 is 23.9 Å². The molecule has 19 heavy (non-hydrogen) atoms. The highest BCUT2D eigenvalue weighted by molar-refractivity contribution is 9.10. The summed E-state index contributed by atoms with van der Waals surface area (Å²) in [6, 6.07) is 5.30. The predicted molar refractivity (Wildman–Crippen MR) is 64.2 cm³/mol. The first kappa shape index (κ1) is 15.3. The Hall–Kier alpha value is -1.75. The molecule has 1 rings (SSSR count). The summed E-state index contributed by atoms with van der Waals surface area (Å²) in [5.41, 5.74) is 0.258. The van der Waals surface area contributed by atoms with Crippen LogP contribution in [0, 0.1) is 17.2 Å². The fourth-order valence-corrected chi connectivity index (χ4v) is 1.55. The second-order valence-electron chi connectivity index (χ2n) is 3.53. The van der Waals surface area contributed by atoms with Crippen molar-refractivity contribution in [3.05, 3.63) is 22.7 Å². The summed E-state index contributed by atoms with van der Waals surface area (Å²) < 4.78 is 39.9. The Morgan fingerprint density at radius 1 is 1.53 bits per heavy atom. The Morgan fingerprint density at radius 3 is 2.63 bits per heavy atom. The molecule has 102 valence electrons. The second kappa shape index (κ2) is 5.93. The first-order chi connectivity index (χ1) is 8.73. The number of carbonyl (C=O) groups is 1. The van der Waals surface area contributed by atoms with Crippen LogP contribution in [-0.4, -0.2) is 12.3 Å². The molecule has 1 amide bonds. The van der Waals surface area contributed by atoms with E-state index in [0.29, 0.717) is 0 Å². The van der Waals surface area contributed by atoms with Crippen molar-refractivity contribution in [2.45, 2.75) is 13.3 Å². The number of hydrogen-bond donors (Lipinski definition) is 1. The number of amides is 1. The SMILES string of the molecule is CC(C#N)C(=O)Nc1ccc(OC(F)(F)F)c(Br)c1. The lowest BCUT2D eigenvalue weighted by Gasteiger charge is -2.12. The van der Waals surface area contributed by atoms with Crippen LogP contribution in [0.4, 0.5) is 18.9 Å². The summed E-state index contributed by atoms with van der Waals surface area (Å²) in [6.45, 7) is 1.41. The molecule has 0 saturated heterocycles. The predicted octanol–water partition coefficient (Wildman–Crippen LogP) is 3.45. The fourth-order valence-electron chi connectivity index (χ4n) is 1.10. The summed E-state index contributed by atoms with van der Waals surface area (Å²) in [4.78, 5) is 11.4. The number of alkyl halides is 3. The van der Waals surface area contributed by atoms with Gasteiger partial charge < -0.3 is 10.1 Å². The number of rotatable bonds is 3. The van der Waals surface area contributed by atoms with Crippen LogP contribution in [0.25, 0.3) is 0 Å². The van der Waals surface area contributed by atoms with Gasteiger partial charge in [-0.05, 0) is 41.1 Å². The Morgan fingerprint density at radius 2 is 2.16 bits per heavy atom. The Balaban J connectivity index is 2.83. The van der Waals surface area contributed by atoms with E-state index in [1.54, 1.807) is 6.07 Å². The van der Waals surface area contributed by atoms with Crippen molar-refractivity contribution in [3.63, 3.8) is 0 Å². The molecule has 1 aromatic carbocycles. The van der Waals surface area contributed by atoms with Crippen LogP contribution in [0.1, 0.15) is 6.92 Å². The normalized spacial score (nSPS) is 12.4. The van der Waals surface area contributed by atoms with E-state index in [9.17, 15) is 18.0 Å². The number of carbonyl (C=O) groups excluding carboxylic acids is 1. The zero-order valence-corrected chi connectivity index (χ0v) is 11.2. The molecular weight excluding hydrogens is 329 g/mol. The Kier molecular flexibility index (Phi) is 4.78. The van der Waals surface area contributed by atoms with Gasteiger partial charge in [0.2, 0.25) is 5.91 Å². The van der Waals surface area contributed by atoms with Crippen LogP contribution >= 0.6 is 15.9 Å². The van der Waals surface area contributed by atoms with Crippen LogP contribution < -0.4 is 10.1 Å². The van der Waals surface area contributed by atoms with Gasteiger partial charge in [0, 0.05) is 5.69 Å². The smallest absolute Gasteiger partial charge is 0.405 e. The minimum absolute atomic E-state index is 0.0345. The van der Waals surface area contributed by atoms with Gasteiger partial charge in [0.15, 0.2) is 0 Å². The molecule has 0 radical (unpaired) electrons. The molecule has 0 aliphatic heterocycles. The minimum Gasteiger partial charge on any atom is -0.405 e. The van der Waals surface area contributed by atoms with Gasteiger partial charge in [-0.15, -0.1) is 13.2 Å². The summed E-state index contributed by atoms with van der Waals surface area (Å²) in [5, 5.41) is 10.9. The third-order valence-electron chi connectivity index (χ3n) is 2.01. The molecule has 1 N–H and O–H groups in total. The van der Waals surface area contributed by atoms with Gasteiger partial charge in [0.1, 0.15) is 11.7 Å². The van der Waals surface area contributed by atoms with Crippen molar-refractivity contribution in [3.8, 4) is 11.8 Å². The molecule has 0 fully saturated rings. The second-order valence-corrected chi connectivity index (χ2v) is 4.39. The average molecular weight is 337 g/mol. The summed E-state index contributed by atoms with van der Waals surface area (Å²) in [5.74, 6) is -1.82. The maximum absolute atomic E-state index is 12.0. The van der Waals surface area contributed by atoms with E-state index in [0.717, 1.165) is 6.07 Å². The van der Waals surface area contributed by atoms with Gasteiger partial charge in [0.25, 0.3) is 0 Å². The highest BCUT2D eigenvalue weighted by Crippen LogP contribution is 2.32. The van der Waals surface area contributed by atoms with E-state index in [1.165, 1.54) is 19.1 Å². The molecular formula is C11H8BrF3N2O2. The number of ether oxygens (including phenoxy) is 1. The van der Waals surface area contributed by atoms with Gasteiger partial charge >= 0.3 is 6.36 Å². The van der Waals surface area contributed by atoms with Crippen LogP contribution in [0.15, 0.2) is 22.7 Å². The number of nitrogens with one attached hydrogen (secondary N) is 1. The van der Waals surface area contributed by atoms with Crippen molar-refractivity contribution in [1.29, 1.82) is 5.26 Å². The largest absolute Gasteiger partial charge is 0.573 e. The minimum atomic E-state index is -4.79. The topological polar surface area (TPSA) is 62.1 Å². The summed E-state index contributed by atoms with van der Waals surface area (Å²) in [6.07, 6.45) is -4.79. The summed E-state index contributed by atoms with van der Waals surface area (Å²) >= 11 is 2.90. The number of hydrogen-bond acceptors (Lipinski definition) is 3. The molecule has 1 aromatic rings. The molecule has 0 aliphatic carbocycles. The van der Waals surface area contributed by atoms with E-state index in [1.807, 2.05) is 0 Å². The zero-order chi connectivity index (χ0) is 14.6. The molecule has 0 bridgehead atoms. The molecule has 0 aromatic heterocycles. The first-order valence-corrected chi connectivity index (χ1v) is 5.78. The zero-order valence-electron chi connectivity index (χ0n) is 9.58. The van der Waals surface area contributed by atoms with E-state index in [-0.39, 0.29) is 10.2 Å². The molecule has 0 saturated carbocycles. The third kappa shape index (κ3) is 4.79. The van der Waals surface area contributed by atoms with Gasteiger partial charge in [-0.25, -0.2) is 0 Å². The highest BCUT2D eigenvalue weighted by atomic mass is 79.9. The fraction of sp³-hybridized carbons (Fsp3) is 0.273. The molecule has 1 atom stereocenters. The van der Waals surface area contributed by atoms with Crippen LogP contribution in [0.3, 0.4) is 0 Å². The lowest BCUT2D eigenvalue weighted by molar-refractivity contribution is -0.274. The monoisotopic (exact) mass is 336 g/mol. The van der Waals surface area contributed by atoms with Crippen LogP contribution in [0.2, 0.25) is 0 Å². The Labute approximate surface area is 115 Å². The van der Waals surface area contributed by atoms with Gasteiger partial charge in [-0.2, -0.15) is 5.26 Å². The van der Waals surface area contributed by atoms with Crippen molar-refractivity contribution < 1.29 is 22.7 Å². The first-order valence-electron chi connectivity index (χ1n) is 4.98. The number of nitriles is 1. The standard InChI is InChI=1S/C11H8BrF3N2O2/c1-6(5-16)10(18)17-7-2-3-9(8(12)4-7)19-11(13,14)15/h2-4,6H,1H3,(H,17,18). The van der Waals surface area contributed by atoms with Crippen molar-refractivity contribution in [1.82, 2.24) is 0 Å². The maximum Gasteiger partial charge on any atom is 0.573 e. The number of benzene rings is 1. The Bertz CT molecular complexity index is 526. The molecule has 0 aliphatic rings. The van der Waals surface area contributed by atoms with Crippen molar-refractivity contribution >= 4 is 27.5 Å². The van der Waals surface area contributed by atoms with Gasteiger partial charge in [-0.3, -0.25) is 4.79 Å². The van der Waals surface area contributed by atoms with Crippen LogP contribution in [0.5, 0.6) is 5.75 Å². The average Bonchev–Trinajstić information content (AvgIpc) is 2.30. The van der Waals surface area contributed by atoms with Crippen molar-refractivity contribution in [2.75, 3.05) is 5.32 Å². The molecule has 4 nitrogen and oxygen atoms in total. The molecule has 0 heterocycles. The van der Waals surface area contributed by atoms with Gasteiger partial charge in [0.05, 0.1) is 10.5 Å². The quantitative estimate of drug-likeness (QED) is 0.919. The maximum atomic E-state index is 12.0. The number of anilines is 1. The number of halogens is 4. The van der Waals surface area contributed by atoms with E-state index in [4.69, 9.17) is 5.26 Å². The van der Waals surface area contributed by atoms with Gasteiger partial charge in [-0.1, -0.05) is 0 Å². The third-order valence-corrected chi connectivity index (χ3v) is 2.63. The molecule has 8 heteroatoms. The lowest BCUT2D eigenvalue weighted by Crippen LogP contribution is -2.19. The molecule has 0 spiro atoms.